The number of nitrogens with two attached hydrogens (primary N) is 2. The van der Waals surface area contributed by atoms with Gasteiger partial charge in [0, 0.05) is 73.9 Å². The number of hydrogen-bond acceptors (Lipinski definition) is 10. The number of carbonyl (C=O) groups excluding carboxylic acids is 3. The lowest BCUT2D eigenvalue weighted by molar-refractivity contribution is -0.129. The van der Waals surface area contributed by atoms with E-state index in [-0.39, 0.29) is 5.91 Å². The van der Waals surface area contributed by atoms with E-state index in [1.165, 1.54) is 25.7 Å². The first-order valence-electron chi connectivity index (χ1n) is 17.2. The van der Waals surface area contributed by atoms with Crippen LogP contribution in [-0.2, 0) is 20.9 Å². The molecular weight excluding hydrogens is 606 g/mol. The molecule has 0 bridgehead atoms. The lowest BCUT2D eigenvalue weighted by atomic mass is 9.91. The number of carbonyl (C=O) groups is 3. The van der Waals surface area contributed by atoms with Gasteiger partial charge < -0.3 is 31.7 Å². The first-order chi connectivity index (χ1) is 23.4. The minimum absolute atomic E-state index is 0.326. The molecule has 2 aromatic carbocycles. The van der Waals surface area contributed by atoms with Gasteiger partial charge in [-0.1, -0.05) is 31.3 Å². The van der Waals surface area contributed by atoms with Crippen LogP contribution >= 0.6 is 0 Å². The first kappa shape index (κ1) is 38.7. The maximum atomic E-state index is 12.4. The van der Waals surface area contributed by atoms with E-state index in [0.29, 0.717) is 56.8 Å². The van der Waals surface area contributed by atoms with Crippen LogP contribution in [-0.4, -0.2) is 94.6 Å². The molecule has 1 atom stereocenters. The zero-order valence-corrected chi connectivity index (χ0v) is 28.7. The van der Waals surface area contributed by atoms with E-state index < -0.39 is 6.04 Å². The highest BCUT2D eigenvalue weighted by Gasteiger charge is 2.23. The van der Waals surface area contributed by atoms with Gasteiger partial charge in [-0.25, -0.2) is 0 Å². The number of nitrogen functional groups attached to an aromatic ring is 1. The Labute approximate surface area is 286 Å². The molecule has 0 radical (unpaired) electrons. The zero-order valence-electron chi connectivity index (χ0n) is 28.7. The fraction of sp³-hybridized carbons (Fsp3) is 0.541. The molecule has 1 aliphatic carbocycles. The number of aldehydes is 1. The van der Waals surface area contributed by atoms with Gasteiger partial charge in [0.2, 0.25) is 12.3 Å². The Morgan fingerprint density at radius 3 is 2.40 bits per heavy atom. The SMILES string of the molecule is CCCC(C(=O)NC=O)N(C)Cc1cc(C#CCOCCCNC2CCC(NCCN(CCN)c3ccc(N)cc3)CC2)ccc1C=O. The third kappa shape index (κ3) is 13.4. The average Bonchev–Trinajstić information content (AvgIpc) is 3.09. The van der Waals surface area contributed by atoms with Crippen LogP contribution in [0.4, 0.5) is 11.4 Å². The second-order valence-corrected chi connectivity index (χ2v) is 12.4. The fourth-order valence-electron chi connectivity index (χ4n) is 6.15. The molecule has 1 saturated carbocycles. The smallest absolute Gasteiger partial charge is 0.243 e. The molecule has 3 rings (SSSR count). The van der Waals surface area contributed by atoms with E-state index in [0.717, 1.165) is 67.8 Å². The maximum Gasteiger partial charge on any atom is 0.243 e. The summed E-state index contributed by atoms with van der Waals surface area (Å²) in [5.74, 6) is 5.84. The number of rotatable bonds is 21. The van der Waals surface area contributed by atoms with Crippen molar-refractivity contribution < 1.29 is 19.1 Å². The van der Waals surface area contributed by atoms with E-state index in [2.05, 4.69) is 44.8 Å². The summed E-state index contributed by atoms with van der Waals surface area (Å²) < 4.78 is 5.75. The number of hydrogen-bond donors (Lipinski definition) is 5. The Hall–Kier alpha value is -3.79. The molecule has 0 spiro atoms. The molecule has 7 N–H and O–H groups in total. The van der Waals surface area contributed by atoms with Crippen molar-refractivity contribution >= 4 is 30.0 Å². The number of ether oxygens (including phenoxy) is 1. The first-order valence-corrected chi connectivity index (χ1v) is 17.2. The van der Waals surface area contributed by atoms with Crippen molar-refractivity contribution in [2.75, 3.05) is 63.6 Å². The summed E-state index contributed by atoms with van der Waals surface area (Å²) in [6.07, 6.45) is 8.19. The van der Waals surface area contributed by atoms with Crippen LogP contribution in [0.2, 0.25) is 0 Å². The van der Waals surface area contributed by atoms with Crippen LogP contribution in [0.3, 0.4) is 0 Å². The van der Waals surface area contributed by atoms with E-state index in [9.17, 15) is 14.4 Å². The topological polar surface area (TPSA) is 155 Å². The van der Waals surface area contributed by atoms with E-state index in [1.807, 2.05) is 43.1 Å². The quantitative estimate of drug-likeness (QED) is 0.0584. The van der Waals surface area contributed by atoms with Crippen molar-refractivity contribution in [3.8, 4) is 11.8 Å². The summed E-state index contributed by atoms with van der Waals surface area (Å²) in [5, 5.41) is 9.68. The summed E-state index contributed by atoms with van der Waals surface area (Å²) in [6, 6.07) is 14.0. The molecule has 262 valence electrons. The van der Waals surface area contributed by atoms with E-state index in [4.69, 9.17) is 16.2 Å². The Balaban J connectivity index is 1.31. The van der Waals surface area contributed by atoms with Gasteiger partial charge >= 0.3 is 0 Å². The highest BCUT2D eigenvalue weighted by atomic mass is 16.5. The van der Waals surface area contributed by atoms with E-state index >= 15 is 0 Å². The van der Waals surface area contributed by atoms with Gasteiger partial charge in [0.1, 0.15) is 12.9 Å². The van der Waals surface area contributed by atoms with Gasteiger partial charge in [0.05, 0.1) is 6.04 Å². The summed E-state index contributed by atoms with van der Waals surface area (Å²) in [6.45, 7) is 7.52. The number of imide groups is 1. The summed E-state index contributed by atoms with van der Waals surface area (Å²) in [7, 11) is 1.81. The van der Waals surface area contributed by atoms with Crippen LogP contribution in [0, 0.1) is 11.8 Å². The molecule has 1 fully saturated rings. The Morgan fingerprint density at radius 2 is 1.75 bits per heavy atom. The molecule has 2 aromatic rings. The maximum absolute atomic E-state index is 12.4. The van der Waals surface area contributed by atoms with Gasteiger partial charge in [-0.05, 0) is 94.1 Å². The third-order valence-electron chi connectivity index (χ3n) is 8.79. The van der Waals surface area contributed by atoms with Crippen molar-refractivity contribution in [2.24, 2.45) is 5.73 Å². The van der Waals surface area contributed by atoms with Gasteiger partial charge in [-0.15, -0.1) is 0 Å². The Kier molecular flexibility index (Phi) is 17.7. The number of benzene rings is 2. The average molecular weight is 662 g/mol. The number of likely N-dealkylation sites (N-methyl/N-ethyl adjacent to an activating group) is 1. The molecule has 1 aliphatic rings. The van der Waals surface area contributed by atoms with Crippen LogP contribution < -0.4 is 32.3 Å². The second kappa shape index (κ2) is 22.0. The number of amides is 2. The molecule has 0 heterocycles. The standard InChI is InChI=1S/C37H55N7O4/c1-3-6-36(37(47)42-28-46)43(2)26-31-25-29(8-9-30(31)27-45)7-4-23-48-24-5-19-40-33-12-14-34(15-13-33)41-20-22-44(21-18-38)35-16-10-32(39)11-17-35/h8-11,16-17,25,27-28,33-34,36,40-41H,3,5-6,12-15,18-24,26,38-39H2,1-2H3,(H,42,46,47). The molecule has 0 aromatic heterocycles. The van der Waals surface area contributed by atoms with Crippen LogP contribution in [0.25, 0.3) is 0 Å². The van der Waals surface area contributed by atoms with E-state index in [1.54, 1.807) is 6.07 Å². The van der Waals surface area contributed by atoms with Crippen molar-refractivity contribution in [3.05, 3.63) is 59.2 Å². The highest BCUT2D eigenvalue weighted by molar-refractivity contribution is 5.90. The monoisotopic (exact) mass is 661 g/mol. The van der Waals surface area contributed by atoms with Gasteiger partial charge in [0.15, 0.2) is 0 Å². The molecule has 11 heteroatoms. The Bertz CT molecular complexity index is 1320. The minimum Gasteiger partial charge on any atom is -0.399 e. The van der Waals surface area contributed by atoms with Crippen molar-refractivity contribution in [1.82, 2.24) is 20.9 Å². The lowest BCUT2D eigenvalue weighted by Gasteiger charge is -2.31. The van der Waals surface area contributed by atoms with Gasteiger partial charge in [-0.2, -0.15) is 0 Å². The second-order valence-electron chi connectivity index (χ2n) is 12.4. The molecule has 1 unspecified atom stereocenters. The van der Waals surface area contributed by atoms with Crippen LogP contribution in [0.1, 0.15) is 73.4 Å². The molecule has 11 nitrogen and oxygen atoms in total. The Morgan fingerprint density at radius 1 is 1.04 bits per heavy atom. The molecule has 2 amide bonds. The predicted molar refractivity (Wildman–Crippen MR) is 193 cm³/mol. The van der Waals surface area contributed by atoms with Crippen molar-refractivity contribution in [3.63, 3.8) is 0 Å². The fourth-order valence-corrected chi connectivity index (χ4v) is 6.15. The van der Waals surface area contributed by atoms with Crippen molar-refractivity contribution in [2.45, 2.75) is 76.5 Å². The lowest BCUT2D eigenvalue weighted by Crippen LogP contribution is -2.44. The van der Waals surface area contributed by atoms with Crippen LogP contribution in [0.5, 0.6) is 0 Å². The molecule has 48 heavy (non-hydrogen) atoms. The molecule has 0 aliphatic heterocycles. The normalized spacial score (nSPS) is 16.5. The largest absolute Gasteiger partial charge is 0.399 e. The molecular formula is C37H55N7O4. The summed E-state index contributed by atoms with van der Waals surface area (Å²) >= 11 is 0. The number of anilines is 2. The summed E-state index contributed by atoms with van der Waals surface area (Å²) in [5.41, 5.74) is 15.7. The third-order valence-corrected chi connectivity index (χ3v) is 8.79. The number of nitrogens with one attached hydrogen (secondary N) is 3. The number of nitrogens with zero attached hydrogens (tertiary/aromatic N) is 2. The summed E-state index contributed by atoms with van der Waals surface area (Å²) in [4.78, 5) is 39.0. The molecule has 0 saturated heterocycles. The predicted octanol–water partition coefficient (Wildman–Crippen LogP) is 2.67. The van der Waals surface area contributed by atoms with Crippen molar-refractivity contribution in [1.29, 1.82) is 0 Å². The van der Waals surface area contributed by atoms with Gasteiger partial charge in [-0.3, -0.25) is 24.6 Å². The zero-order chi connectivity index (χ0) is 34.6. The minimum atomic E-state index is -0.472. The van der Waals surface area contributed by atoms with Gasteiger partial charge in [0.25, 0.3) is 0 Å². The van der Waals surface area contributed by atoms with Crippen LogP contribution in [0.15, 0.2) is 42.5 Å². The highest BCUT2D eigenvalue weighted by Crippen LogP contribution is 2.20.